The number of ether oxygens (including phenoxy) is 2. The number of nitrogens with zero attached hydrogens (tertiary/aromatic N) is 2. The van der Waals surface area contributed by atoms with E-state index in [0.29, 0.717) is 37.7 Å². The predicted octanol–water partition coefficient (Wildman–Crippen LogP) is 1.67. The Balaban J connectivity index is 1.69. The molecule has 1 unspecified atom stereocenters. The average molecular weight is 341 g/mol. The highest BCUT2D eigenvalue weighted by atomic mass is 19.1. The van der Waals surface area contributed by atoms with Gasteiger partial charge in [-0.3, -0.25) is 4.90 Å². The lowest BCUT2D eigenvalue weighted by Gasteiger charge is -2.29. The van der Waals surface area contributed by atoms with Crippen LogP contribution in [0.3, 0.4) is 0 Å². The van der Waals surface area contributed by atoms with Gasteiger partial charge in [-0.25, -0.2) is 14.0 Å². The van der Waals surface area contributed by atoms with Crippen molar-refractivity contribution in [2.45, 2.75) is 6.10 Å². The molecule has 24 heavy (non-hydrogen) atoms. The Morgan fingerprint density at radius 2 is 2.08 bits per heavy atom. The number of rotatable bonds is 4. The minimum absolute atomic E-state index is 0.107. The topological polar surface area (TPSA) is 71.1 Å². The molecule has 0 aromatic heterocycles. The molecular weight excluding hydrogens is 324 g/mol. The number of carbonyl (C=O) groups is 2. The molecule has 2 aliphatic rings. The molecular formula is C15H17F2N3O4. The van der Waals surface area contributed by atoms with Crippen molar-refractivity contribution in [3.05, 3.63) is 24.0 Å². The first-order valence-corrected chi connectivity index (χ1v) is 7.58. The molecule has 0 aliphatic carbocycles. The van der Waals surface area contributed by atoms with E-state index in [0.717, 1.165) is 0 Å². The SMILES string of the molecule is O=C(F)NCC1CN(c2ccc(N3CCOCC3)c(F)c2)C(=O)O1. The molecule has 1 N–H and O–H groups in total. The summed E-state index contributed by atoms with van der Waals surface area (Å²) in [5.74, 6) is -0.442. The van der Waals surface area contributed by atoms with E-state index in [4.69, 9.17) is 9.47 Å². The Hall–Kier alpha value is -2.42. The third-order valence-electron chi connectivity index (χ3n) is 3.94. The van der Waals surface area contributed by atoms with Gasteiger partial charge in [0.1, 0.15) is 11.9 Å². The molecule has 0 radical (unpaired) electrons. The second-order valence-corrected chi connectivity index (χ2v) is 5.51. The van der Waals surface area contributed by atoms with Gasteiger partial charge in [0.2, 0.25) is 0 Å². The first-order valence-electron chi connectivity index (χ1n) is 7.58. The van der Waals surface area contributed by atoms with Crippen LogP contribution >= 0.6 is 0 Å². The van der Waals surface area contributed by atoms with Crippen LogP contribution in [0.15, 0.2) is 18.2 Å². The number of nitrogens with one attached hydrogen (secondary N) is 1. The van der Waals surface area contributed by atoms with Crippen molar-refractivity contribution in [1.29, 1.82) is 0 Å². The summed E-state index contributed by atoms with van der Waals surface area (Å²) < 4.78 is 36.8. The van der Waals surface area contributed by atoms with E-state index in [1.165, 1.54) is 11.0 Å². The zero-order valence-corrected chi connectivity index (χ0v) is 12.8. The molecule has 7 nitrogen and oxygen atoms in total. The average Bonchev–Trinajstić information content (AvgIpc) is 2.94. The van der Waals surface area contributed by atoms with Gasteiger partial charge in [0.05, 0.1) is 37.7 Å². The van der Waals surface area contributed by atoms with Gasteiger partial charge in [-0.1, -0.05) is 0 Å². The Morgan fingerprint density at radius 1 is 1.33 bits per heavy atom. The highest BCUT2D eigenvalue weighted by Crippen LogP contribution is 2.28. The molecule has 1 atom stereocenters. The number of halogens is 2. The van der Waals surface area contributed by atoms with Crippen LogP contribution in [0.4, 0.5) is 29.7 Å². The van der Waals surface area contributed by atoms with Gasteiger partial charge in [-0.2, -0.15) is 0 Å². The van der Waals surface area contributed by atoms with Gasteiger partial charge in [-0.15, -0.1) is 4.39 Å². The molecule has 0 saturated carbocycles. The maximum atomic E-state index is 14.4. The summed E-state index contributed by atoms with van der Waals surface area (Å²) in [6, 6.07) is 4.51. The van der Waals surface area contributed by atoms with Crippen molar-refractivity contribution >= 4 is 23.6 Å². The number of morpholine rings is 1. The van der Waals surface area contributed by atoms with Crippen LogP contribution in [0.25, 0.3) is 0 Å². The van der Waals surface area contributed by atoms with Crippen LogP contribution < -0.4 is 15.1 Å². The number of carbonyl (C=O) groups excluding carboxylic acids is 2. The standard InChI is InChI=1S/C15H17F2N3O4/c16-12-7-10(1-2-13(12)19-3-5-23-6-4-19)20-9-11(24-15(20)22)8-18-14(17)21/h1-2,7,11H,3-6,8-9H2,(H,18,21). The quantitative estimate of drug-likeness (QED) is 0.666. The first kappa shape index (κ1) is 16.4. The fourth-order valence-electron chi connectivity index (χ4n) is 2.76. The number of benzene rings is 1. The Kier molecular flexibility index (Phi) is 4.79. The third kappa shape index (κ3) is 3.56. The summed E-state index contributed by atoms with van der Waals surface area (Å²) in [6.07, 6.45) is -3.03. The number of hydrogen-bond acceptors (Lipinski definition) is 5. The van der Waals surface area contributed by atoms with E-state index < -0.39 is 24.2 Å². The Labute approximate surface area is 137 Å². The van der Waals surface area contributed by atoms with Crippen LogP contribution in [0.2, 0.25) is 0 Å². The van der Waals surface area contributed by atoms with E-state index in [9.17, 15) is 18.4 Å². The number of hydrogen-bond donors (Lipinski definition) is 1. The second kappa shape index (κ2) is 7.00. The molecule has 3 rings (SSSR count). The highest BCUT2D eigenvalue weighted by Gasteiger charge is 2.33. The fraction of sp³-hybridized carbons (Fsp3) is 0.467. The van der Waals surface area contributed by atoms with Gasteiger partial charge in [0.15, 0.2) is 0 Å². The lowest BCUT2D eigenvalue weighted by Crippen LogP contribution is -2.36. The molecule has 2 aliphatic heterocycles. The molecule has 2 fully saturated rings. The van der Waals surface area contributed by atoms with E-state index in [1.807, 2.05) is 10.2 Å². The molecule has 0 spiro atoms. The van der Waals surface area contributed by atoms with Crippen molar-refractivity contribution in [2.75, 3.05) is 49.2 Å². The molecule has 2 heterocycles. The van der Waals surface area contributed by atoms with Gasteiger partial charge < -0.3 is 19.7 Å². The molecule has 1 aromatic rings. The van der Waals surface area contributed by atoms with Crippen LogP contribution in [-0.4, -0.2) is 57.8 Å². The van der Waals surface area contributed by atoms with E-state index in [2.05, 4.69) is 0 Å². The van der Waals surface area contributed by atoms with Crippen molar-refractivity contribution in [3.8, 4) is 0 Å². The van der Waals surface area contributed by atoms with Crippen LogP contribution in [0.5, 0.6) is 0 Å². The molecule has 2 saturated heterocycles. The van der Waals surface area contributed by atoms with Crippen molar-refractivity contribution < 1.29 is 27.8 Å². The van der Waals surface area contributed by atoms with Gasteiger partial charge in [0.25, 0.3) is 0 Å². The summed E-state index contributed by atoms with van der Waals surface area (Å²) in [5, 5.41) is 1.94. The predicted molar refractivity (Wildman–Crippen MR) is 81.6 cm³/mol. The van der Waals surface area contributed by atoms with Gasteiger partial charge in [0, 0.05) is 13.1 Å². The number of anilines is 2. The summed E-state index contributed by atoms with van der Waals surface area (Å²) in [5.41, 5.74) is 0.805. The zero-order chi connectivity index (χ0) is 17.1. The van der Waals surface area contributed by atoms with E-state index in [1.54, 1.807) is 12.1 Å². The van der Waals surface area contributed by atoms with E-state index >= 15 is 0 Å². The summed E-state index contributed by atoms with van der Waals surface area (Å²) >= 11 is 0. The van der Waals surface area contributed by atoms with E-state index in [-0.39, 0.29) is 13.1 Å². The fourth-order valence-corrected chi connectivity index (χ4v) is 2.76. The van der Waals surface area contributed by atoms with Crippen molar-refractivity contribution in [1.82, 2.24) is 5.32 Å². The maximum Gasteiger partial charge on any atom is 0.414 e. The van der Waals surface area contributed by atoms with Crippen LogP contribution in [-0.2, 0) is 9.47 Å². The summed E-state index contributed by atoms with van der Waals surface area (Å²) in [6.45, 7) is 2.27. The summed E-state index contributed by atoms with van der Waals surface area (Å²) in [7, 11) is 0. The molecule has 9 heteroatoms. The van der Waals surface area contributed by atoms with Gasteiger partial charge >= 0.3 is 12.3 Å². The maximum absolute atomic E-state index is 14.4. The molecule has 130 valence electrons. The zero-order valence-electron chi connectivity index (χ0n) is 12.8. The lowest BCUT2D eigenvalue weighted by atomic mass is 10.2. The van der Waals surface area contributed by atoms with Gasteiger partial charge in [-0.05, 0) is 18.2 Å². The third-order valence-corrected chi connectivity index (χ3v) is 3.94. The Bertz CT molecular complexity index is 637. The van der Waals surface area contributed by atoms with Crippen molar-refractivity contribution in [3.63, 3.8) is 0 Å². The highest BCUT2D eigenvalue weighted by molar-refractivity contribution is 5.90. The molecule has 2 amide bonds. The second-order valence-electron chi connectivity index (χ2n) is 5.51. The van der Waals surface area contributed by atoms with Crippen LogP contribution in [0.1, 0.15) is 0 Å². The molecule has 1 aromatic carbocycles. The smallest absolute Gasteiger partial charge is 0.414 e. The monoisotopic (exact) mass is 341 g/mol. The largest absolute Gasteiger partial charge is 0.442 e. The normalized spacial score (nSPS) is 20.9. The summed E-state index contributed by atoms with van der Waals surface area (Å²) in [4.78, 5) is 25.3. The first-order chi connectivity index (χ1) is 11.5. The Morgan fingerprint density at radius 3 is 2.75 bits per heavy atom. The number of cyclic esters (lactones) is 1. The minimum atomic E-state index is -1.69. The molecule has 0 bridgehead atoms. The minimum Gasteiger partial charge on any atom is -0.442 e. The van der Waals surface area contributed by atoms with Crippen molar-refractivity contribution in [2.24, 2.45) is 0 Å². The lowest BCUT2D eigenvalue weighted by molar-refractivity contribution is 0.122. The number of amides is 2. The van der Waals surface area contributed by atoms with Crippen LogP contribution in [0, 0.1) is 5.82 Å².